The Hall–Kier alpha value is -1.46. The molecule has 6 nitrogen and oxygen atoms in total. The Kier molecular flexibility index (Phi) is 3.76. The summed E-state index contributed by atoms with van der Waals surface area (Å²) in [4.78, 5) is 10.7. The van der Waals surface area contributed by atoms with Crippen molar-refractivity contribution in [3.8, 4) is 0 Å². The maximum atomic E-state index is 10.7. The molecule has 2 atom stereocenters. The number of tetrazole rings is 1. The molecule has 0 bridgehead atoms. The van der Waals surface area contributed by atoms with Gasteiger partial charge in [0, 0.05) is 5.92 Å². The second-order valence-electron chi connectivity index (χ2n) is 3.77. The minimum Gasteiger partial charge on any atom is -0.481 e. The van der Waals surface area contributed by atoms with Crippen LogP contribution in [0.2, 0.25) is 0 Å². The number of carboxylic acid groups (broad SMARTS) is 1. The van der Waals surface area contributed by atoms with Gasteiger partial charge in [-0.05, 0) is 16.8 Å². The fourth-order valence-electron chi connectivity index (χ4n) is 1.21. The van der Waals surface area contributed by atoms with Crippen LogP contribution in [0.5, 0.6) is 0 Å². The summed E-state index contributed by atoms with van der Waals surface area (Å²) in [6.07, 6.45) is 0.932. The van der Waals surface area contributed by atoms with Crippen LogP contribution < -0.4 is 0 Å². The van der Waals surface area contributed by atoms with Crippen molar-refractivity contribution in [3.63, 3.8) is 0 Å². The molecule has 0 aliphatic rings. The quantitative estimate of drug-likeness (QED) is 0.784. The average molecular weight is 212 g/mol. The van der Waals surface area contributed by atoms with E-state index in [4.69, 9.17) is 5.11 Å². The van der Waals surface area contributed by atoms with Crippen LogP contribution in [0, 0.1) is 5.92 Å². The number of nitrogens with zero attached hydrogens (tertiary/aromatic N) is 4. The van der Waals surface area contributed by atoms with Crippen LogP contribution >= 0.6 is 0 Å². The minimum absolute atomic E-state index is 0.251. The third-order valence-corrected chi connectivity index (χ3v) is 2.48. The predicted octanol–water partition coefficient (Wildman–Crippen LogP) is 0.907. The van der Waals surface area contributed by atoms with Crippen LogP contribution in [0.3, 0.4) is 0 Å². The first kappa shape index (κ1) is 11.6. The van der Waals surface area contributed by atoms with E-state index in [1.165, 1.54) is 0 Å². The number of hydrogen-bond acceptors (Lipinski definition) is 4. The number of hydrogen-bond donors (Lipinski definition) is 1. The van der Waals surface area contributed by atoms with Gasteiger partial charge in [-0.25, -0.2) is 4.68 Å². The summed E-state index contributed by atoms with van der Waals surface area (Å²) >= 11 is 0. The van der Waals surface area contributed by atoms with Gasteiger partial charge >= 0.3 is 5.97 Å². The monoisotopic (exact) mass is 212 g/mol. The minimum atomic E-state index is -0.833. The van der Waals surface area contributed by atoms with E-state index in [1.54, 1.807) is 11.6 Å². The molecule has 0 fully saturated rings. The first-order valence-corrected chi connectivity index (χ1v) is 5.05. The highest BCUT2D eigenvalue weighted by atomic mass is 16.4. The number of carbonyl (C=O) groups is 1. The molecule has 6 heteroatoms. The summed E-state index contributed by atoms with van der Waals surface area (Å²) in [6.45, 7) is 6.03. The van der Waals surface area contributed by atoms with Crippen LogP contribution in [-0.4, -0.2) is 31.3 Å². The molecule has 1 aromatic rings. The first-order chi connectivity index (χ1) is 7.06. The summed E-state index contributed by atoms with van der Waals surface area (Å²) in [6, 6.07) is 0. The Morgan fingerprint density at radius 2 is 2.20 bits per heavy atom. The van der Waals surface area contributed by atoms with Crippen LogP contribution in [-0.2, 0) is 11.3 Å². The van der Waals surface area contributed by atoms with E-state index in [9.17, 15) is 4.79 Å². The Balaban J connectivity index is 2.77. The lowest BCUT2D eigenvalue weighted by atomic mass is 10.1. The zero-order valence-electron chi connectivity index (χ0n) is 9.21. The second-order valence-corrected chi connectivity index (χ2v) is 3.77. The average Bonchev–Trinajstić information content (AvgIpc) is 2.64. The Morgan fingerprint density at radius 3 is 2.73 bits per heavy atom. The third kappa shape index (κ3) is 2.74. The predicted molar refractivity (Wildman–Crippen MR) is 53.3 cm³/mol. The molecular weight excluding hydrogens is 196 g/mol. The standard InChI is InChI=1S/C9H16N4O2/c1-4-6(2)8-10-11-12-13(8)5-7(3)9(14)15/h6-7H,4-5H2,1-3H3,(H,14,15). The molecule has 0 aliphatic heterocycles. The van der Waals surface area contributed by atoms with E-state index in [1.807, 2.05) is 13.8 Å². The lowest BCUT2D eigenvalue weighted by Crippen LogP contribution is -2.20. The van der Waals surface area contributed by atoms with Gasteiger partial charge in [0.2, 0.25) is 0 Å². The maximum absolute atomic E-state index is 10.7. The molecule has 1 heterocycles. The summed E-state index contributed by atoms with van der Waals surface area (Å²) in [5, 5.41) is 20.1. The highest BCUT2D eigenvalue weighted by Crippen LogP contribution is 2.15. The van der Waals surface area contributed by atoms with E-state index in [0.717, 1.165) is 12.2 Å². The second kappa shape index (κ2) is 4.86. The van der Waals surface area contributed by atoms with Crippen LogP contribution in [0.15, 0.2) is 0 Å². The van der Waals surface area contributed by atoms with Gasteiger partial charge in [0.05, 0.1) is 12.5 Å². The van der Waals surface area contributed by atoms with Crippen molar-refractivity contribution in [1.29, 1.82) is 0 Å². The highest BCUT2D eigenvalue weighted by Gasteiger charge is 2.17. The van der Waals surface area contributed by atoms with Gasteiger partial charge in [-0.1, -0.05) is 20.8 Å². The van der Waals surface area contributed by atoms with Gasteiger partial charge < -0.3 is 5.11 Å². The smallest absolute Gasteiger partial charge is 0.308 e. The number of aromatic nitrogens is 4. The number of carboxylic acids is 1. The molecule has 1 aromatic heterocycles. The fraction of sp³-hybridized carbons (Fsp3) is 0.778. The molecule has 0 aromatic carbocycles. The van der Waals surface area contributed by atoms with Crippen molar-refractivity contribution in [3.05, 3.63) is 5.82 Å². The number of rotatable bonds is 5. The van der Waals surface area contributed by atoms with Gasteiger partial charge in [-0.3, -0.25) is 4.79 Å². The molecule has 1 rings (SSSR count). The van der Waals surface area contributed by atoms with Gasteiger partial charge in [-0.2, -0.15) is 0 Å². The number of aliphatic carboxylic acids is 1. The normalized spacial score (nSPS) is 14.9. The van der Waals surface area contributed by atoms with Crippen LogP contribution in [0.25, 0.3) is 0 Å². The summed E-state index contributed by atoms with van der Waals surface area (Å²) < 4.78 is 1.58. The van der Waals surface area contributed by atoms with Crippen molar-refractivity contribution in [2.45, 2.75) is 39.7 Å². The molecule has 0 saturated carbocycles. The maximum Gasteiger partial charge on any atom is 0.308 e. The van der Waals surface area contributed by atoms with Crippen molar-refractivity contribution in [2.24, 2.45) is 5.92 Å². The van der Waals surface area contributed by atoms with Gasteiger partial charge in [-0.15, -0.1) is 5.10 Å². The van der Waals surface area contributed by atoms with Crippen molar-refractivity contribution < 1.29 is 9.90 Å². The molecule has 0 saturated heterocycles. The van der Waals surface area contributed by atoms with E-state index in [0.29, 0.717) is 6.54 Å². The molecular formula is C9H16N4O2. The van der Waals surface area contributed by atoms with E-state index in [-0.39, 0.29) is 5.92 Å². The summed E-state index contributed by atoms with van der Waals surface area (Å²) in [7, 11) is 0. The molecule has 0 amide bonds. The summed E-state index contributed by atoms with van der Waals surface area (Å²) in [5.74, 6) is -0.302. The Labute approximate surface area is 88.3 Å². The molecule has 0 aliphatic carbocycles. The highest BCUT2D eigenvalue weighted by molar-refractivity contribution is 5.69. The molecule has 15 heavy (non-hydrogen) atoms. The van der Waals surface area contributed by atoms with E-state index >= 15 is 0 Å². The molecule has 1 N–H and O–H groups in total. The SMILES string of the molecule is CCC(C)c1nnnn1CC(C)C(=O)O. The fourth-order valence-corrected chi connectivity index (χ4v) is 1.21. The van der Waals surface area contributed by atoms with E-state index in [2.05, 4.69) is 15.5 Å². The largest absolute Gasteiger partial charge is 0.481 e. The van der Waals surface area contributed by atoms with Gasteiger partial charge in [0.25, 0.3) is 0 Å². The zero-order valence-corrected chi connectivity index (χ0v) is 9.21. The summed E-state index contributed by atoms with van der Waals surface area (Å²) in [5.41, 5.74) is 0. The zero-order chi connectivity index (χ0) is 11.4. The molecule has 2 unspecified atom stereocenters. The van der Waals surface area contributed by atoms with Crippen molar-refractivity contribution in [2.75, 3.05) is 0 Å². The van der Waals surface area contributed by atoms with Crippen molar-refractivity contribution in [1.82, 2.24) is 20.2 Å². The molecule has 0 spiro atoms. The van der Waals surface area contributed by atoms with Crippen LogP contribution in [0.1, 0.15) is 38.9 Å². The lowest BCUT2D eigenvalue weighted by molar-refractivity contribution is -0.141. The lowest BCUT2D eigenvalue weighted by Gasteiger charge is -2.10. The third-order valence-electron chi connectivity index (χ3n) is 2.48. The van der Waals surface area contributed by atoms with Crippen molar-refractivity contribution >= 4 is 5.97 Å². The van der Waals surface area contributed by atoms with E-state index < -0.39 is 11.9 Å². The molecule has 0 radical (unpaired) electrons. The molecule has 84 valence electrons. The topological polar surface area (TPSA) is 80.9 Å². The Bertz CT molecular complexity index is 337. The Morgan fingerprint density at radius 1 is 1.53 bits per heavy atom. The first-order valence-electron chi connectivity index (χ1n) is 5.05. The van der Waals surface area contributed by atoms with Crippen LogP contribution in [0.4, 0.5) is 0 Å². The van der Waals surface area contributed by atoms with Gasteiger partial charge in [0.1, 0.15) is 0 Å². The van der Waals surface area contributed by atoms with Gasteiger partial charge in [0.15, 0.2) is 5.82 Å².